The van der Waals surface area contributed by atoms with E-state index in [0.29, 0.717) is 10.5 Å². The molecule has 0 bridgehead atoms. The fourth-order valence-electron chi connectivity index (χ4n) is 3.02. The number of amides is 3. The molecule has 1 aromatic carbocycles. The van der Waals surface area contributed by atoms with Crippen LogP contribution in [-0.2, 0) is 9.59 Å². The quantitative estimate of drug-likeness (QED) is 0.635. The van der Waals surface area contributed by atoms with Crippen LogP contribution in [0.1, 0.15) is 22.5 Å². The molecule has 3 amide bonds. The van der Waals surface area contributed by atoms with E-state index >= 15 is 0 Å². The second-order valence-electron chi connectivity index (χ2n) is 6.09. The van der Waals surface area contributed by atoms with Gasteiger partial charge in [0.05, 0.1) is 11.6 Å². The number of carboxylic acid groups (broad SMARTS) is 1. The Morgan fingerprint density at radius 1 is 1.26 bits per heavy atom. The molecule has 8 heteroatoms. The maximum atomic E-state index is 12.3. The third kappa shape index (κ3) is 3.30. The van der Waals surface area contributed by atoms with Crippen LogP contribution in [0.5, 0.6) is 0 Å². The molecule has 27 heavy (non-hydrogen) atoms. The van der Waals surface area contributed by atoms with Gasteiger partial charge >= 0.3 is 12.0 Å². The van der Waals surface area contributed by atoms with E-state index in [0.717, 1.165) is 22.6 Å². The predicted molar refractivity (Wildman–Crippen MR) is 95.8 cm³/mol. The van der Waals surface area contributed by atoms with Crippen molar-refractivity contribution >= 4 is 24.0 Å². The van der Waals surface area contributed by atoms with E-state index in [4.69, 9.17) is 10.4 Å². The lowest BCUT2D eigenvalue weighted by Crippen LogP contribution is -2.35. The fraction of sp³-hybridized carbons (Fsp3) is 0.158. The third-order valence-electron chi connectivity index (χ3n) is 4.28. The van der Waals surface area contributed by atoms with Gasteiger partial charge in [-0.3, -0.25) is 9.59 Å². The first-order chi connectivity index (χ1) is 12.8. The summed E-state index contributed by atoms with van der Waals surface area (Å²) in [6.07, 6.45) is 1.53. The molecule has 2 heterocycles. The molecule has 0 saturated carbocycles. The highest BCUT2D eigenvalue weighted by molar-refractivity contribution is 6.15. The van der Waals surface area contributed by atoms with Gasteiger partial charge in [0.2, 0.25) is 0 Å². The Labute approximate surface area is 154 Å². The van der Waals surface area contributed by atoms with Crippen molar-refractivity contribution in [2.45, 2.75) is 13.8 Å². The maximum absolute atomic E-state index is 12.3. The first kappa shape index (κ1) is 17.9. The van der Waals surface area contributed by atoms with E-state index < -0.39 is 24.5 Å². The van der Waals surface area contributed by atoms with Crippen LogP contribution in [0.2, 0.25) is 0 Å². The van der Waals surface area contributed by atoms with E-state index in [9.17, 15) is 14.4 Å². The van der Waals surface area contributed by atoms with Gasteiger partial charge in [0.1, 0.15) is 12.2 Å². The summed E-state index contributed by atoms with van der Waals surface area (Å²) in [5.74, 6) is -1.94. The number of nitrogens with zero attached hydrogens (tertiary/aromatic N) is 3. The van der Waals surface area contributed by atoms with E-state index in [2.05, 4.69) is 11.4 Å². The molecule has 8 nitrogen and oxygen atoms in total. The van der Waals surface area contributed by atoms with Gasteiger partial charge in [0.25, 0.3) is 5.91 Å². The van der Waals surface area contributed by atoms with Crippen molar-refractivity contribution in [3.8, 4) is 11.8 Å². The predicted octanol–water partition coefficient (Wildman–Crippen LogP) is 1.94. The van der Waals surface area contributed by atoms with Crippen molar-refractivity contribution in [2.75, 3.05) is 6.54 Å². The number of aryl methyl sites for hydroxylation is 1. The molecule has 136 valence electrons. The van der Waals surface area contributed by atoms with Gasteiger partial charge < -0.3 is 15.0 Å². The molecule has 1 fully saturated rings. The van der Waals surface area contributed by atoms with Crippen molar-refractivity contribution < 1.29 is 19.5 Å². The molecule has 0 spiro atoms. The molecule has 0 radical (unpaired) electrons. The third-order valence-corrected chi connectivity index (χ3v) is 4.28. The molecule has 1 aromatic heterocycles. The molecule has 0 unspecified atom stereocenters. The van der Waals surface area contributed by atoms with E-state index in [-0.39, 0.29) is 5.70 Å². The highest BCUT2D eigenvalue weighted by Crippen LogP contribution is 2.24. The van der Waals surface area contributed by atoms with Crippen molar-refractivity contribution in [2.24, 2.45) is 0 Å². The number of rotatable bonds is 4. The molecule has 1 aliphatic heterocycles. The number of carboxylic acids is 1. The minimum Gasteiger partial charge on any atom is -0.480 e. The minimum atomic E-state index is -1.27. The summed E-state index contributed by atoms with van der Waals surface area (Å²) in [4.78, 5) is 35.5. The molecule has 0 atom stereocenters. The van der Waals surface area contributed by atoms with Crippen LogP contribution in [0.3, 0.4) is 0 Å². The summed E-state index contributed by atoms with van der Waals surface area (Å²) in [6.45, 7) is 3.08. The average Bonchev–Trinajstić information content (AvgIpc) is 3.05. The average molecular weight is 364 g/mol. The molecule has 2 N–H and O–H groups in total. The van der Waals surface area contributed by atoms with Crippen LogP contribution < -0.4 is 5.32 Å². The van der Waals surface area contributed by atoms with Crippen LogP contribution in [0.4, 0.5) is 4.79 Å². The number of hydrogen-bond acceptors (Lipinski definition) is 4. The Morgan fingerprint density at radius 3 is 2.52 bits per heavy atom. The van der Waals surface area contributed by atoms with E-state index in [1.807, 2.05) is 36.6 Å². The van der Waals surface area contributed by atoms with Crippen LogP contribution in [0.15, 0.2) is 36.0 Å². The number of urea groups is 1. The number of carbonyl (C=O) groups is 3. The van der Waals surface area contributed by atoms with Crippen LogP contribution >= 0.6 is 0 Å². The number of carbonyl (C=O) groups excluding carboxylic acids is 2. The number of nitrogens with one attached hydrogen (secondary N) is 1. The number of hydrogen-bond donors (Lipinski definition) is 2. The summed E-state index contributed by atoms with van der Waals surface area (Å²) in [7, 11) is 0. The monoisotopic (exact) mass is 364 g/mol. The highest BCUT2D eigenvalue weighted by Gasteiger charge is 2.35. The Hall–Kier alpha value is -3.86. The zero-order chi connectivity index (χ0) is 19.7. The van der Waals surface area contributed by atoms with E-state index in [1.165, 1.54) is 6.08 Å². The van der Waals surface area contributed by atoms with Crippen LogP contribution in [0.25, 0.3) is 11.8 Å². The minimum absolute atomic E-state index is 0.0290. The lowest BCUT2D eigenvalue weighted by atomic mass is 10.2. The van der Waals surface area contributed by atoms with Gasteiger partial charge in [0, 0.05) is 17.1 Å². The Morgan fingerprint density at radius 2 is 1.93 bits per heavy atom. The lowest BCUT2D eigenvalue weighted by Gasteiger charge is -2.09. The van der Waals surface area contributed by atoms with Crippen LogP contribution in [-0.4, -0.2) is 39.0 Å². The van der Waals surface area contributed by atoms with Gasteiger partial charge in [-0.15, -0.1) is 0 Å². The number of aromatic nitrogens is 1. The van der Waals surface area contributed by atoms with Crippen molar-refractivity contribution in [3.63, 3.8) is 0 Å². The zero-order valence-electron chi connectivity index (χ0n) is 14.7. The number of aliphatic carboxylic acids is 1. The Bertz CT molecular complexity index is 1030. The number of benzene rings is 1. The molecule has 0 aliphatic carbocycles. The fourth-order valence-corrected chi connectivity index (χ4v) is 3.02. The summed E-state index contributed by atoms with van der Waals surface area (Å²) in [6, 6.07) is 10.3. The second kappa shape index (κ2) is 6.80. The summed E-state index contributed by atoms with van der Waals surface area (Å²) in [5, 5.41) is 20.1. The highest BCUT2D eigenvalue weighted by atomic mass is 16.4. The molecular formula is C19H16N4O4. The first-order valence-corrected chi connectivity index (χ1v) is 8.07. The summed E-state index contributed by atoms with van der Waals surface area (Å²) >= 11 is 0. The van der Waals surface area contributed by atoms with Gasteiger partial charge in [-0.25, -0.2) is 9.69 Å². The topological polar surface area (TPSA) is 115 Å². The summed E-state index contributed by atoms with van der Waals surface area (Å²) < 4.78 is 1.96. The maximum Gasteiger partial charge on any atom is 0.329 e. The first-order valence-electron chi connectivity index (χ1n) is 8.07. The lowest BCUT2D eigenvalue weighted by molar-refractivity contribution is -0.140. The largest absolute Gasteiger partial charge is 0.480 e. The Kier molecular flexibility index (Phi) is 4.52. The van der Waals surface area contributed by atoms with Crippen molar-refractivity contribution in [3.05, 3.63) is 58.5 Å². The van der Waals surface area contributed by atoms with Crippen molar-refractivity contribution in [1.82, 2.24) is 14.8 Å². The standard InChI is InChI=1S/C19H16N4O4/c1-11-7-14(8-16-18(26)22(10-17(24)25)19(27)21-16)12(2)23(11)15-5-3-13(9-20)4-6-15/h3-8H,10H2,1-2H3,(H,21,27)(H,24,25)/b16-8+. The molecule has 1 aliphatic rings. The molecule has 2 aromatic rings. The normalized spacial score (nSPS) is 15.1. The van der Waals surface area contributed by atoms with Gasteiger partial charge in [-0.1, -0.05) is 0 Å². The van der Waals surface area contributed by atoms with Gasteiger partial charge in [0.15, 0.2) is 0 Å². The second-order valence-corrected chi connectivity index (χ2v) is 6.09. The molecular weight excluding hydrogens is 348 g/mol. The van der Waals surface area contributed by atoms with Crippen LogP contribution in [0, 0.1) is 25.2 Å². The SMILES string of the molecule is Cc1cc(/C=C2/NC(=O)N(CC(=O)O)C2=O)c(C)n1-c1ccc(C#N)cc1. The summed E-state index contributed by atoms with van der Waals surface area (Å²) in [5.41, 5.74) is 3.91. The van der Waals surface area contributed by atoms with E-state index in [1.54, 1.807) is 12.1 Å². The van der Waals surface area contributed by atoms with Gasteiger partial charge in [-0.2, -0.15) is 5.26 Å². The van der Waals surface area contributed by atoms with Gasteiger partial charge in [-0.05, 0) is 55.8 Å². The number of imide groups is 1. The Balaban J connectivity index is 1.96. The number of nitriles is 1. The molecule has 3 rings (SSSR count). The zero-order valence-corrected chi connectivity index (χ0v) is 14.7. The van der Waals surface area contributed by atoms with Crippen molar-refractivity contribution in [1.29, 1.82) is 5.26 Å². The smallest absolute Gasteiger partial charge is 0.329 e. The molecule has 1 saturated heterocycles.